The van der Waals surface area contributed by atoms with Gasteiger partial charge in [0.1, 0.15) is 0 Å². The molecule has 3 unspecified atom stereocenters. The standard InChI is InChI=1S/C10H18O4S/c1-3-13-8(10(11)12)6-15-9-4-5-14-7(9)2/h7-9H,3-6H2,1-2H3,(H,11,12). The van der Waals surface area contributed by atoms with Crippen molar-refractivity contribution in [1.82, 2.24) is 0 Å². The number of aliphatic carboxylic acids is 1. The third-order valence-electron chi connectivity index (χ3n) is 2.41. The zero-order valence-corrected chi connectivity index (χ0v) is 9.96. The number of carboxylic acids is 1. The lowest BCUT2D eigenvalue weighted by molar-refractivity contribution is -0.148. The number of hydrogen-bond acceptors (Lipinski definition) is 4. The Hall–Kier alpha value is -0.260. The van der Waals surface area contributed by atoms with Crippen LogP contribution in [0.5, 0.6) is 0 Å². The van der Waals surface area contributed by atoms with Crippen LogP contribution in [-0.2, 0) is 14.3 Å². The Morgan fingerprint density at radius 3 is 2.93 bits per heavy atom. The summed E-state index contributed by atoms with van der Waals surface area (Å²) in [5, 5.41) is 9.28. The molecule has 0 aromatic carbocycles. The third-order valence-corrected chi connectivity index (χ3v) is 3.95. The molecular weight excluding hydrogens is 216 g/mol. The van der Waals surface area contributed by atoms with Gasteiger partial charge in [-0.05, 0) is 20.3 Å². The van der Waals surface area contributed by atoms with Gasteiger partial charge in [0.25, 0.3) is 0 Å². The normalized spacial score (nSPS) is 27.9. The zero-order valence-electron chi connectivity index (χ0n) is 9.14. The molecule has 1 heterocycles. The molecule has 1 aliphatic heterocycles. The molecule has 0 aromatic rings. The minimum Gasteiger partial charge on any atom is -0.479 e. The van der Waals surface area contributed by atoms with E-state index in [0.29, 0.717) is 17.6 Å². The van der Waals surface area contributed by atoms with E-state index in [1.165, 1.54) is 0 Å². The van der Waals surface area contributed by atoms with Gasteiger partial charge < -0.3 is 14.6 Å². The van der Waals surface area contributed by atoms with E-state index < -0.39 is 12.1 Å². The van der Waals surface area contributed by atoms with Gasteiger partial charge in [-0.15, -0.1) is 0 Å². The summed E-state index contributed by atoms with van der Waals surface area (Å²) in [6.45, 7) is 5.06. The van der Waals surface area contributed by atoms with Crippen molar-refractivity contribution in [2.45, 2.75) is 37.7 Å². The van der Waals surface area contributed by atoms with Crippen LogP contribution in [-0.4, -0.2) is 47.5 Å². The molecule has 1 N–H and O–H groups in total. The van der Waals surface area contributed by atoms with E-state index in [0.717, 1.165) is 13.0 Å². The lowest BCUT2D eigenvalue weighted by Gasteiger charge is -2.17. The molecular formula is C10H18O4S. The van der Waals surface area contributed by atoms with E-state index in [1.54, 1.807) is 11.8 Å². The molecule has 15 heavy (non-hydrogen) atoms. The Morgan fingerprint density at radius 2 is 2.47 bits per heavy atom. The van der Waals surface area contributed by atoms with Crippen molar-refractivity contribution in [2.75, 3.05) is 19.0 Å². The number of carbonyl (C=O) groups is 1. The summed E-state index contributed by atoms with van der Waals surface area (Å²) in [6.07, 6.45) is 0.545. The molecule has 88 valence electrons. The molecule has 0 radical (unpaired) electrons. The maximum Gasteiger partial charge on any atom is 0.333 e. The molecule has 5 heteroatoms. The van der Waals surface area contributed by atoms with Crippen molar-refractivity contribution < 1.29 is 19.4 Å². The topological polar surface area (TPSA) is 55.8 Å². The molecule has 1 saturated heterocycles. The van der Waals surface area contributed by atoms with Crippen molar-refractivity contribution in [2.24, 2.45) is 0 Å². The van der Waals surface area contributed by atoms with E-state index in [2.05, 4.69) is 0 Å². The van der Waals surface area contributed by atoms with E-state index in [1.807, 2.05) is 13.8 Å². The second-order valence-corrected chi connectivity index (χ2v) is 4.79. The molecule has 0 spiro atoms. The first-order chi connectivity index (χ1) is 7.15. The number of thioether (sulfide) groups is 1. The fraction of sp³-hybridized carbons (Fsp3) is 0.900. The van der Waals surface area contributed by atoms with Gasteiger partial charge in [0, 0.05) is 24.2 Å². The van der Waals surface area contributed by atoms with Crippen LogP contribution in [0.15, 0.2) is 0 Å². The number of hydrogen-bond donors (Lipinski definition) is 1. The van der Waals surface area contributed by atoms with Crippen molar-refractivity contribution >= 4 is 17.7 Å². The highest BCUT2D eigenvalue weighted by Crippen LogP contribution is 2.27. The Kier molecular flexibility index (Phi) is 5.42. The van der Waals surface area contributed by atoms with Crippen LogP contribution in [0.2, 0.25) is 0 Å². The highest BCUT2D eigenvalue weighted by Gasteiger charge is 2.27. The summed E-state index contributed by atoms with van der Waals surface area (Å²) in [7, 11) is 0. The van der Waals surface area contributed by atoms with Crippen LogP contribution >= 0.6 is 11.8 Å². The molecule has 0 bridgehead atoms. The molecule has 0 saturated carbocycles. The lowest BCUT2D eigenvalue weighted by atomic mass is 10.3. The molecule has 0 aromatic heterocycles. The van der Waals surface area contributed by atoms with Crippen LogP contribution in [0.4, 0.5) is 0 Å². The largest absolute Gasteiger partial charge is 0.479 e. The number of rotatable bonds is 6. The average Bonchev–Trinajstić information content (AvgIpc) is 2.58. The van der Waals surface area contributed by atoms with Gasteiger partial charge in [-0.25, -0.2) is 4.79 Å². The van der Waals surface area contributed by atoms with Gasteiger partial charge in [0.2, 0.25) is 0 Å². The van der Waals surface area contributed by atoms with Crippen molar-refractivity contribution in [3.05, 3.63) is 0 Å². The van der Waals surface area contributed by atoms with Crippen LogP contribution in [0.25, 0.3) is 0 Å². The molecule has 3 atom stereocenters. The summed E-state index contributed by atoms with van der Waals surface area (Å²) >= 11 is 1.64. The Bertz CT molecular complexity index is 210. The highest BCUT2D eigenvalue weighted by molar-refractivity contribution is 8.00. The van der Waals surface area contributed by atoms with E-state index in [4.69, 9.17) is 14.6 Å². The maximum absolute atomic E-state index is 10.8. The third kappa shape index (κ3) is 4.01. The van der Waals surface area contributed by atoms with Gasteiger partial charge in [0.05, 0.1) is 6.10 Å². The van der Waals surface area contributed by atoms with E-state index in [9.17, 15) is 4.79 Å². The number of carboxylic acid groups (broad SMARTS) is 1. The van der Waals surface area contributed by atoms with Crippen molar-refractivity contribution in [3.8, 4) is 0 Å². The van der Waals surface area contributed by atoms with Crippen molar-refractivity contribution in [3.63, 3.8) is 0 Å². The number of ether oxygens (including phenoxy) is 2. The monoisotopic (exact) mass is 234 g/mol. The quantitative estimate of drug-likeness (QED) is 0.752. The fourth-order valence-electron chi connectivity index (χ4n) is 1.53. The summed E-state index contributed by atoms with van der Waals surface area (Å²) in [5.74, 6) is -0.377. The Labute approximate surface area is 94.3 Å². The van der Waals surface area contributed by atoms with Crippen LogP contribution < -0.4 is 0 Å². The minimum atomic E-state index is -0.879. The first-order valence-electron chi connectivity index (χ1n) is 5.22. The second-order valence-electron chi connectivity index (χ2n) is 3.52. The first kappa shape index (κ1) is 12.8. The van der Waals surface area contributed by atoms with Gasteiger partial charge in [-0.3, -0.25) is 0 Å². The Morgan fingerprint density at radius 1 is 1.73 bits per heavy atom. The highest BCUT2D eigenvalue weighted by atomic mass is 32.2. The summed E-state index contributed by atoms with van der Waals surface area (Å²) in [5.41, 5.74) is 0. The van der Waals surface area contributed by atoms with E-state index >= 15 is 0 Å². The average molecular weight is 234 g/mol. The molecule has 0 amide bonds. The van der Waals surface area contributed by atoms with Crippen molar-refractivity contribution in [1.29, 1.82) is 0 Å². The SMILES string of the molecule is CCOC(CSC1CCOC1C)C(=O)O. The molecule has 4 nitrogen and oxygen atoms in total. The van der Waals surface area contributed by atoms with E-state index in [-0.39, 0.29) is 6.10 Å². The van der Waals surface area contributed by atoms with Gasteiger partial charge in [0.15, 0.2) is 6.10 Å². The predicted molar refractivity (Wildman–Crippen MR) is 59.3 cm³/mol. The summed E-state index contributed by atoms with van der Waals surface area (Å²) < 4.78 is 10.5. The molecule has 1 fully saturated rings. The van der Waals surface area contributed by atoms with Gasteiger partial charge in [-0.1, -0.05) is 0 Å². The molecule has 1 rings (SSSR count). The van der Waals surface area contributed by atoms with Crippen LogP contribution in [0, 0.1) is 0 Å². The summed E-state index contributed by atoms with van der Waals surface area (Å²) in [4.78, 5) is 10.8. The lowest BCUT2D eigenvalue weighted by Crippen LogP contribution is -2.28. The van der Waals surface area contributed by atoms with Gasteiger partial charge >= 0.3 is 5.97 Å². The maximum atomic E-state index is 10.8. The molecule has 0 aliphatic carbocycles. The van der Waals surface area contributed by atoms with Gasteiger partial charge in [-0.2, -0.15) is 11.8 Å². The van der Waals surface area contributed by atoms with Crippen LogP contribution in [0.3, 0.4) is 0 Å². The van der Waals surface area contributed by atoms with Crippen LogP contribution in [0.1, 0.15) is 20.3 Å². The Balaban J connectivity index is 2.29. The first-order valence-corrected chi connectivity index (χ1v) is 6.27. The zero-order chi connectivity index (χ0) is 11.3. The second kappa shape index (κ2) is 6.35. The minimum absolute atomic E-state index is 0.228. The fourth-order valence-corrected chi connectivity index (χ4v) is 2.81. The summed E-state index contributed by atoms with van der Waals surface area (Å²) in [6, 6.07) is 0. The smallest absolute Gasteiger partial charge is 0.333 e. The predicted octanol–water partition coefficient (Wildman–Crippen LogP) is 1.39. The molecule has 1 aliphatic rings.